The summed E-state index contributed by atoms with van der Waals surface area (Å²) in [7, 11) is 0. The van der Waals surface area contributed by atoms with E-state index in [4.69, 9.17) is 0 Å². The number of aliphatic hydroxyl groups is 1. The van der Waals surface area contributed by atoms with Crippen LogP contribution in [0.3, 0.4) is 0 Å². The molecule has 3 heteroatoms. The van der Waals surface area contributed by atoms with Crippen molar-refractivity contribution in [3.8, 4) is 5.82 Å². The number of hydrogen-bond donors (Lipinski definition) is 1. The Kier molecular flexibility index (Phi) is 3.03. The number of rotatable bonds is 2. The summed E-state index contributed by atoms with van der Waals surface area (Å²) in [4.78, 5) is 4.30. The lowest BCUT2D eigenvalue weighted by atomic mass is 9.87. The normalized spacial score (nSPS) is 13.6. The zero-order valence-corrected chi connectivity index (χ0v) is 10.5. The Balaban J connectivity index is 2.43. The van der Waals surface area contributed by atoms with Crippen LogP contribution in [-0.4, -0.2) is 14.7 Å². The van der Waals surface area contributed by atoms with Gasteiger partial charge in [-0.1, -0.05) is 26.8 Å². The molecule has 0 fully saturated rings. The van der Waals surface area contributed by atoms with E-state index in [2.05, 4.69) is 4.98 Å². The van der Waals surface area contributed by atoms with Crippen LogP contribution >= 0.6 is 0 Å². The summed E-state index contributed by atoms with van der Waals surface area (Å²) < 4.78 is 1.93. The zero-order chi connectivity index (χ0) is 12.5. The van der Waals surface area contributed by atoms with E-state index in [9.17, 15) is 5.11 Å². The molecule has 2 aromatic heterocycles. The van der Waals surface area contributed by atoms with Crippen molar-refractivity contribution in [2.45, 2.75) is 26.9 Å². The highest BCUT2D eigenvalue weighted by molar-refractivity contribution is 5.28. The first-order valence-electron chi connectivity index (χ1n) is 5.77. The van der Waals surface area contributed by atoms with E-state index < -0.39 is 6.10 Å². The Hall–Kier alpha value is -1.61. The van der Waals surface area contributed by atoms with Crippen molar-refractivity contribution in [3.05, 3.63) is 48.4 Å². The molecular weight excluding hydrogens is 212 g/mol. The molecular formula is C14H18N2O. The van der Waals surface area contributed by atoms with Crippen LogP contribution < -0.4 is 0 Å². The van der Waals surface area contributed by atoms with Gasteiger partial charge in [0, 0.05) is 12.4 Å². The largest absolute Gasteiger partial charge is 0.386 e. The van der Waals surface area contributed by atoms with E-state index in [0.717, 1.165) is 11.5 Å². The fourth-order valence-electron chi connectivity index (χ4n) is 1.77. The number of pyridine rings is 1. The lowest BCUT2D eigenvalue weighted by Gasteiger charge is -2.26. The number of aromatic nitrogens is 2. The Labute approximate surface area is 102 Å². The first-order valence-corrected chi connectivity index (χ1v) is 5.77. The summed E-state index contributed by atoms with van der Waals surface area (Å²) in [6, 6.07) is 9.62. The van der Waals surface area contributed by atoms with Gasteiger partial charge in [-0.2, -0.15) is 0 Å². The van der Waals surface area contributed by atoms with Crippen LogP contribution in [0, 0.1) is 5.41 Å². The zero-order valence-electron chi connectivity index (χ0n) is 10.5. The van der Waals surface area contributed by atoms with Crippen LogP contribution in [0.5, 0.6) is 0 Å². The van der Waals surface area contributed by atoms with Gasteiger partial charge in [0.1, 0.15) is 5.82 Å². The van der Waals surface area contributed by atoms with Crippen molar-refractivity contribution in [1.29, 1.82) is 0 Å². The Morgan fingerprint density at radius 1 is 1.18 bits per heavy atom. The molecule has 17 heavy (non-hydrogen) atoms. The topological polar surface area (TPSA) is 38.0 Å². The first-order chi connectivity index (χ1) is 8.00. The molecule has 90 valence electrons. The van der Waals surface area contributed by atoms with Crippen molar-refractivity contribution in [2.24, 2.45) is 5.41 Å². The van der Waals surface area contributed by atoms with Crippen LogP contribution in [0.2, 0.25) is 0 Å². The van der Waals surface area contributed by atoms with Crippen molar-refractivity contribution in [3.63, 3.8) is 0 Å². The highest BCUT2D eigenvalue weighted by atomic mass is 16.3. The standard InChI is InChI=1S/C14H18N2O/c1-14(2,3)13(17)11-7-6-10-16(11)12-8-4-5-9-15-12/h4-10,13,17H,1-3H3. The SMILES string of the molecule is CC(C)(C)C(O)c1cccn1-c1ccccn1. The minimum Gasteiger partial charge on any atom is -0.386 e. The molecule has 0 saturated carbocycles. The first kappa shape index (κ1) is 11.9. The third kappa shape index (κ3) is 2.39. The van der Waals surface area contributed by atoms with Gasteiger partial charge in [-0.05, 0) is 29.7 Å². The van der Waals surface area contributed by atoms with Crippen molar-refractivity contribution < 1.29 is 5.11 Å². The summed E-state index contributed by atoms with van der Waals surface area (Å²) in [5.41, 5.74) is 0.682. The maximum atomic E-state index is 10.3. The molecule has 0 aliphatic heterocycles. The van der Waals surface area contributed by atoms with Crippen LogP contribution in [0.25, 0.3) is 5.82 Å². The van der Waals surface area contributed by atoms with Crippen molar-refractivity contribution in [1.82, 2.24) is 9.55 Å². The summed E-state index contributed by atoms with van der Waals surface area (Å²) in [6.07, 6.45) is 3.16. The molecule has 1 N–H and O–H groups in total. The summed E-state index contributed by atoms with van der Waals surface area (Å²) in [5.74, 6) is 0.829. The molecule has 0 spiro atoms. The lowest BCUT2D eigenvalue weighted by molar-refractivity contribution is 0.0575. The minimum atomic E-state index is -0.514. The predicted octanol–water partition coefficient (Wildman–Crippen LogP) is 2.95. The number of nitrogens with zero attached hydrogens (tertiary/aromatic N) is 2. The van der Waals surface area contributed by atoms with Gasteiger partial charge in [-0.25, -0.2) is 4.98 Å². The molecule has 2 heterocycles. The minimum absolute atomic E-state index is 0.190. The third-order valence-electron chi connectivity index (χ3n) is 2.78. The smallest absolute Gasteiger partial charge is 0.136 e. The lowest BCUT2D eigenvalue weighted by Crippen LogP contribution is -2.20. The summed E-state index contributed by atoms with van der Waals surface area (Å²) in [5, 5.41) is 10.3. The third-order valence-corrected chi connectivity index (χ3v) is 2.78. The number of aliphatic hydroxyl groups excluding tert-OH is 1. The quantitative estimate of drug-likeness (QED) is 0.861. The average molecular weight is 230 g/mol. The van der Waals surface area contributed by atoms with Crippen molar-refractivity contribution in [2.75, 3.05) is 0 Å². The molecule has 2 rings (SSSR count). The van der Waals surface area contributed by atoms with Crippen LogP contribution in [0.1, 0.15) is 32.6 Å². The van der Waals surface area contributed by atoms with Crippen LogP contribution in [0.4, 0.5) is 0 Å². The highest BCUT2D eigenvalue weighted by Crippen LogP contribution is 2.33. The molecule has 0 amide bonds. The number of hydrogen-bond acceptors (Lipinski definition) is 2. The fraction of sp³-hybridized carbons (Fsp3) is 0.357. The van der Waals surface area contributed by atoms with E-state index >= 15 is 0 Å². The van der Waals surface area contributed by atoms with Crippen LogP contribution in [0.15, 0.2) is 42.7 Å². The highest BCUT2D eigenvalue weighted by Gasteiger charge is 2.26. The van der Waals surface area contributed by atoms with Gasteiger partial charge >= 0.3 is 0 Å². The van der Waals surface area contributed by atoms with Gasteiger partial charge in [-0.3, -0.25) is 0 Å². The molecule has 0 aromatic carbocycles. The molecule has 0 saturated heterocycles. The predicted molar refractivity (Wildman–Crippen MR) is 68.0 cm³/mol. The van der Waals surface area contributed by atoms with Gasteiger partial charge in [0.25, 0.3) is 0 Å². The molecule has 0 aliphatic rings. The Morgan fingerprint density at radius 2 is 1.94 bits per heavy atom. The maximum Gasteiger partial charge on any atom is 0.136 e. The van der Waals surface area contributed by atoms with E-state index in [1.54, 1.807) is 6.20 Å². The molecule has 3 nitrogen and oxygen atoms in total. The molecule has 0 radical (unpaired) electrons. The van der Waals surface area contributed by atoms with E-state index in [-0.39, 0.29) is 5.41 Å². The second-order valence-corrected chi connectivity index (χ2v) is 5.26. The Morgan fingerprint density at radius 3 is 2.53 bits per heavy atom. The molecule has 2 aromatic rings. The van der Waals surface area contributed by atoms with Gasteiger partial charge in [0.2, 0.25) is 0 Å². The van der Waals surface area contributed by atoms with Gasteiger partial charge in [-0.15, -0.1) is 0 Å². The molecule has 0 aliphatic carbocycles. The van der Waals surface area contributed by atoms with E-state index in [1.165, 1.54) is 0 Å². The molecule has 1 atom stereocenters. The fourth-order valence-corrected chi connectivity index (χ4v) is 1.77. The van der Waals surface area contributed by atoms with E-state index in [1.807, 2.05) is 61.9 Å². The summed E-state index contributed by atoms with van der Waals surface area (Å²) in [6.45, 7) is 6.06. The average Bonchev–Trinajstić information content (AvgIpc) is 2.76. The molecule has 0 bridgehead atoms. The second-order valence-electron chi connectivity index (χ2n) is 5.26. The second kappa shape index (κ2) is 4.34. The molecule has 1 unspecified atom stereocenters. The van der Waals surface area contributed by atoms with E-state index in [0.29, 0.717) is 0 Å². The van der Waals surface area contributed by atoms with Gasteiger partial charge < -0.3 is 9.67 Å². The maximum absolute atomic E-state index is 10.3. The van der Waals surface area contributed by atoms with Gasteiger partial charge in [0.05, 0.1) is 11.8 Å². The van der Waals surface area contributed by atoms with Crippen molar-refractivity contribution >= 4 is 0 Å². The monoisotopic (exact) mass is 230 g/mol. The van der Waals surface area contributed by atoms with Gasteiger partial charge in [0.15, 0.2) is 0 Å². The Bertz CT molecular complexity index is 482. The van der Waals surface area contributed by atoms with Crippen LogP contribution in [-0.2, 0) is 0 Å². The summed E-state index contributed by atoms with van der Waals surface area (Å²) >= 11 is 0.